The molecule has 0 saturated carbocycles. The second kappa shape index (κ2) is 4.48. The van der Waals surface area contributed by atoms with Crippen molar-refractivity contribution in [3.8, 4) is 11.5 Å². The minimum Gasteiger partial charge on any atom is -0.454 e. The minimum absolute atomic E-state index is 0.236. The van der Waals surface area contributed by atoms with Gasteiger partial charge in [0.2, 0.25) is 12.7 Å². The molecule has 1 aliphatic heterocycles. The van der Waals surface area contributed by atoms with Gasteiger partial charge in [0.15, 0.2) is 17.3 Å². The minimum atomic E-state index is -0.460. The van der Waals surface area contributed by atoms with E-state index in [1.165, 1.54) is 0 Å². The van der Waals surface area contributed by atoms with Gasteiger partial charge in [0.1, 0.15) is 0 Å². The standard InChI is InChI=1S/C12H10FN3O2/c13-9-5-15-12(16-6-9)14-4-8-2-1-3-10-11(8)18-7-17-10/h1-3,5-6H,4,7H2,(H,14,15,16). The fraction of sp³-hybridized carbons (Fsp3) is 0.167. The third-order valence-corrected chi connectivity index (χ3v) is 2.54. The highest BCUT2D eigenvalue weighted by Gasteiger charge is 2.16. The summed E-state index contributed by atoms with van der Waals surface area (Å²) in [6.45, 7) is 0.720. The van der Waals surface area contributed by atoms with Gasteiger partial charge in [0.25, 0.3) is 0 Å². The highest BCUT2D eigenvalue weighted by atomic mass is 19.1. The first kappa shape index (κ1) is 10.8. The first-order valence-electron chi connectivity index (χ1n) is 5.42. The molecule has 1 N–H and O–H groups in total. The van der Waals surface area contributed by atoms with Crippen LogP contribution < -0.4 is 14.8 Å². The maximum absolute atomic E-state index is 12.6. The van der Waals surface area contributed by atoms with Crippen molar-refractivity contribution in [3.05, 3.63) is 42.0 Å². The summed E-state index contributed by atoms with van der Waals surface area (Å²) in [4.78, 5) is 7.64. The number of halogens is 1. The first-order valence-corrected chi connectivity index (χ1v) is 5.42. The molecule has 0 fully saturated rings. The molecule has 2 aromatic rings. The average molecular weight is 247 g/mol. The van der Waals surface area contributed by atoms with E-state index in [-0.39, 0.29) is 6.79 Å². The van der Waals surface area contributed by atoms with Gasteiger partial charge in [-0.1, -0.05) is 12.1 Å². The van der Waals surface area contributed by atoms with E-state index in [1.54, 1.807) is 0 Å². The van der Waals surface area contributed by atoms with Crippen LogP contribution in [0.1, 0.15) is 5.56 Å². The number of nitrogens with one attached hydrogen (secondary N) is 1. The van der Waals surface area contributed by atoms with Crippen LogP contribution in [0.25, 0.3) is 0 Å². The van der Waals surface area contributed by atoms with Crippen molar-refractivity contribution in [2.75, 3.05) is 12.1 Å². The predicted molar refractivity (Wildman–Crippen MR) is 61.9 cm³/mol. The molecular formula is C12H10FN3O2. The van der Waals surface area contributed by atoms with Crippen LogP contribution in [0, 0.1) is 5.82 Å². The molecule has 1 aromatic heterocycles. The van der Waals surface area contributed by atoms with Crippen molar-refractivity contribution in [2.45, 2.75) is 6.54 Å². The van der Waals surface area contributed by atoms with E-state index in [4.69, 9.17) is 9.47 Å². The summed E-state index contributed by atoms with van der Waals surface area (Å²) in [7, 11) is 0. The topological polar surface area (TPSA) is 56.3 Å². The number of para-hydroxylation sites is 1. The van der Waals surface area contributed by atoms with Crippen molar-refractivity contribution in [3.63, 3.8) is 0 Å². The van der Waals surface area contributed by atoms with E-state index in [0.717, 1.165) is 29.5 Å². The second-order valence-electron chi connectivity index (χ2n) is 3.73. The Balaban J connectivity index is 1.74. The zero-order chi connectivity index (χ0) is 12.4. The quantitative estimate of drug-likeness (QED) is 0.898. The summed E-state index contributed by atoms with van der Waals surface area (Å²) < 4.78 is 23.3. The van der Waals surface area contributed by atoms with Crippen LogP contribution in [-0.2, 0) is 6.54 Å². The third-order valence-electron chi connectivity index (χ3n) is 2.54. The number of fused-ring (bicyclic) bond motifs is 1. The molecule has 3 rings (SSSR count). The number of anilines is 1. The molecule has 92 valence electrons. The van der Waals surface area contributed by atoms with Crippen LogP contribution in [0.15, 0.2) is 30.6 Å². The van der Waals surface area contributed by atoms with Gasteiger partial charge in [-0.15, -0.1) is 0 Å². The van der Waals surface area contributed by atoms with Crippen molar-refractivity contribution >= 4 is 5.95 Å². The van der Waals surface area contributed by atoms with Gasteiger partial charge in [-0.25, -0.2) is 14.4 Å². The Hall–Kier alpha value is -2.37. The normalized spacial score (nSPS) is 12.5. The van der Waals surface area contributed by atoms with Gasteiger partial charge in [-0.2, -0.15) is 0 Å². The van der Waals surface area contributed by atoms with E-state index < -0.39 is 5.82 Å². The molecule has 6 heteroatoms. The predicted octanol–water partition coefficient (Wildman–Crippen LogP) is 1.96. The van der Waals surface area contributed by atoms with E-state index in [0.29, 0.717) is 12.5 Å². The Morgan fingerprint density at radius 3 is 2.89 bits per heavy atom. The molecule has 0 aliphatic carbocycles. The monoisotopic (exact) mass is 247 g/mol. The van der Waals surface area contributed by atoms with E-state index >= 15 is 0 Å². The zero-order valence-corrected chi connectivity index (χ0v) is 9.39. The summed E-state index contributed by atoms with van der Waals surface area (Å²) in [5.74, 6) is 1.37. The molecule has 0 atom stereocenters. The highest BCUT2D eigenvalue weighted by molar-refractivity contribution is 5.49. The lowest BCUT2D eigenvalue weighted by Crippen LogP contribution is -2.04. The third kappa shape index (κ3) is 2.04. The van der Waals surface area contributed by atoms with Crippen LogP contribution in [0.3, 0.4) is 0 Å². The first-order chi connectivity index (χ1) is 8.83. The van der Waals surface area contributed by atoms with Crippen molar-refractivity contribution in [1.82, 2.24) is 9.97 Å². The van der Waals surface area contributed by atoms with Gasteiger partial charge < -0.3 is 14.8 Å². The van der Waals surface area contributed by atoms with Crippen LogP contribution in [-0.4, -0.2) is 16.8 Å². The van der Waals surface area contributed by atoms with E-state index in [2.05, 4.69) is 15.3 Å². The fourth-order valence-electron chi connectivity index (χ4n) is 1.71. The molecule has 0 spiro atoms. The number of rotatable bonds is 3. The zero-order valence-electron chi connectivity index (χ0n) is 9.39. The van der Waals surface area contributed by atoms with Gasteiger partial charge in [0.05, 0.1) is 12.4 Å². The molecule has 1 aromatic carbocycles. The van der Waals surface area contributed by atoms with Gasteiger partial charge in [-0.05, 0) is 6.07 Å². The Labute approximate surface area is 103 Å². The number of ether oxygens (including phenoxy) is 2. The Morgan fingerprint density at radius 1 is 1.22 bits per heavy atom. The van der Waals surface area contributed by atoms with Crippen molar-refractivity contribution in [2.24, 2.45) is 0 Å². The second-order valence-corrected chi connectivity index (χ2v) is 3.73. The number of hydrogen-bond acceptors (Lipinski definition) is 5. The number of nitrogens with zero attached hydrogens (tertiary/aromatic N) is 2. The molecule has 0 unspecified atom stereocenters. The summed E-state index contributed by atoms with van der Waals surface area (Å²) in [5.41, 5.74) is 0.943. The summed E-state index contributed by atoms with van der Waals surface area (Å²) in [6.07, 6.45) is 2.23. The molecular weight excluding hydrogens is 237 g/mol. The number of aromatic nitrogens is 2. The number of benzene rings is 1. The Kier molecular flexibility index (Phi) is 2.68. The molecule has 0 amide bonds. The molecule has 18 heavy (non-hydrogen) atoms. The Bertz CT molecular complexity index is 560. The fourth-order valence-corrected chi connectivity index (χ4v) is 1.71. The van der Waals surface area contributed by atoms with Crippen LogP contribution in [0.4, 0.5) is 10.3 Å². The van der Waals surface area contributed by atoms with Crippen LogP contribution in [0.5, 0.6) is 11.5 Å². The SMILES string of the molecule is Fc1cnc(NCc2cccc3c2OCO3)nc1. The molecule has 5 nitrogen and oxygen atoms in total. The lowest BCUT2D eigenvalue weighted by molar-refractivity contribution is 0.173. The average Bonchev–Trinajstić information content (AvgIpc) is 2.87. The Morgan fingerprint density at radius 2 is 2.06 bits per heavy atom. The number of hydrogen-bond donors (Lipinski definition) is 1. The maximum atomic E-state index is 12.6. The summed E-state index contributed by atoms with van der Waals surface area (Å²) in [5, 5.41) is 2.99. The lowest BCUT2D eigenvalue weighted by atomic mass is 10.2. The lowest BCUT2D eigenvalue weighted by Gasteiger charge is -2.07. The largest absolute Gasteiger partial charge is 0.454 e. The maximum Gasteiger partial charge on any atom is 0.231 e. The van der Waals surface area contributed by atoms with Crippen molar-refractivity contribution in [1.29, 1.82) is 0 Å². The van der Waals surface area contributed by atoms with E-state index in [9.17, 15) is 4.39 Å². The van der Waals surface area contributed by atoms with Gasteiger partial charge in [0, 0.05) is 12.1 Å². The van der Waals surface area contributed by atoms with Crippen molar-refractivity contribution < 1.29 is 13.9 Å². The molecule has 2 heterocycles. The molecule has 0 radical (unpaired) electrons. The molecule has 0 saturated heterocycles. The highest BCUT2D eigenvalue weighted by Crippen LogP contribution is 2.35. The smallest absolute Gasteiger partial charge is 0.231 e. The summed E-state index contributed by atoms with van der Waals surface area (Å²) >= 11 is 0. The molecule has 0 bridgehead atoms. The van der Waals surface area contributed by atoms with E-state index in [1.807, 2.05) is 18.2 Å². The molecule has 1 aliphatic rings. The van der Waals surface area contributed by atoms with Gasteiger partial charge in [-0.3, -0.25) is 0 Å². The van der Waals surface area contributed by atoms with Crippen LogP contribution >= 0.6 is 0 Å². The van der Waals surface area contributed by atoms with Gasteiger partial charge >= 0.3 is 0 Å². The summed E-state index contributed by atoms with van der Waals surface area (Å²) in [6, 6.07) is 5.65. The van der Waals surface area contributed by atoms with Crippen LogP contribution in [0.2, 0.25) is 0 Å².